The van der Waals surface area contributed by atoms with Crippen molar-refractivity contribution in [3.8, 4) is 0 Å². The summed E-state index contributed by atoms with van der Waals surface area (Å²) in [6.45, 7) is 14.2. The van der Waals surface area contributed by atoms with Gasteiger partial charge in [-0.25, -0.2) is 0 Å². The molecular formula is C16H35NO. The minimum Gasteiger partial charge on any atom is -0.381 e. The topological polar surface area (TPSA) is 21.3 Å². The van der Waals surface area contributed by atoms with Crippen LogP contribution in [0.4, 0.5) is 0 Å². The highest BCUT2D eigenvalue weighted by Crippen LogP contribution is 2.06. The Hall–Kier alpha value is -0.0800. The fourth-order valence-electron chi connectivity index (χ4n) is 2.01. The molecule has 2 heteroatoms. The van der Waals surface area contributed by atoms with Gasteiger partial charge in [0.2, 0.25) is 0 Å². The Morgan fingerprint density at radius 2 is 1.72 bits per heavy atom. The first-order chi connectivity index (χ1) is 8.45. The fourth-order valence-corrected chi connectivity index (χ4v) is 2.01. The Morgan fingerprint density at radius 3 is 2.33 bits per heavy atom. The highest BCUT2D eigenvalue weighted by molar-refractivity contribution is 4.69. The lowest BCUT2D eigenvalue weighted by atomic mass is 10.1. The molecule has 0 heterocycles. The summed E-state index contributed by atoms with van der Waals surface area (Å²) in [6.07, 6.45) is 7.67. The summed E-state index contributed by atoms with van der Waals surface area (Å²) in [5.41, 5.74) is 0.262. The summed E-state index contributed by atoms with van der Waals surface area (Å²) in [5.74, 6) is 0.728. The van der Waals surface area contributed by atoms with E-state index in [0.29, 0.717) is 0 Å². The highest BCUT2D eigenvalue weighted by Gasteiger charge is 2.06. The smallest absolute Gasteiger partial charge is 0.0491 e. The molecule has 18 heavy (non-hydrogen) atoms. The number of hydrogen-bond donors (Lipinski definition) is 1. The van der Waals surface area contributed by atoms with Crippen LogP contribution in [0.1, 0.15) is 73.1 Å². The summed E-state index contributed by atoms with van der Waals surface area (Å²) in [4.78, 5) is 0. The summed E-state index contributed by atoms with van der Waals surface area (Å²) < 4.78 is 5.69. The van der Waals surface area contributed by atoms with Crippen molar-refractivity contribution in [1.82, 2.24) is 5.32 Å². The van der Waals surface area contributed by atoms with Gasteiger partial charge in [0, 0.05) is 18.8 Å². The van der Waals surface area contributed by atoms with Gasteiger partial charge in [-0.2, -0.15) is 0 Å². The van der Waals surface area contributed by atoms with E-state index in [-0.39, 0.29) is 5.54 Å². The van der Waals surface area contributed by atoms with Crippen LogP contribution in [-0.4, -0.2) is 25.3 Å². The van der Waals surface area contributed by atoms with Gasteiger partial charge in [-0.1, -0.05) is 33.1 Å². The summed E-state index contributed by atoms with van der Waals surface area (Å²) in [5, 5.41) is 3.52. The zero-order valence-electron chi connectivity index (χ0n) is 13.3. The molecule has 1 atom stereocenters. The molecule has 0 saturated heterocycles. The Morgan fingerprint density at radius 1 is 1.06 bits per heavy atom. The lowest BCUT2D eigenvalue weighted by Crippen LogP contribution is -2.36. The van der Waals surface area contributed by atoms with Crippen LogP contribution >= 0.6 is 0 Å². The van der Waals surface area contributed by atoms with Gasteiger partial charge in [0.25, 0.3) is 0 Å². The molecule has 0 fully saturated rings. The second kappa shape index (κ2) is 10.8. The van der Waals surface area contributed by atoms with Crippen molar-refractivity contribution in [1.29, 1.82) is 0 Å². The number of nitrogens with one attached hydrogen (secondary N) is 1. The molecule has 0 aromatic rings. The zero-order valence-corrected chi connectivity index (χ0v) is 13.3. The van der Waals surface area contributed by atoms with Crippen molar-refractivity contribution < 1.29 is 4.74 Å². The van der Waals surface area contributed by atoms with Gasteiger partial charge in [-0.15, -0.1) is 0 Å². The third-order valence-corrected chi connectivity index (χ3v) is 3.05. The minimum atomic E-state index is 0.262. The number of ether oxygens (including phenoxy) is 1. The Kier molecular flexibility index (Phi) is 10.8. The summed E-state index contributed by atoms with van der Waals surface area (Å²) in [6, 6.07) is 0. The van der Waals surface area contributed by atoms with E-state index in [4.69, 9.17) is 4.74 Å². The maximum absolute atomic E-state index is 5.69. The largest absolute Gasteiger partial charge is 0.381 e. The third kappa shape index (κ3) is 14.0. The van der Waals surface area contributed by atoms with Gasteiger partial charge < -0.3 is 10.1 Å². The maximum atomic E-state index is 5.69. The molecule has 1 unspecified atom stereocenters. The number of rotatable bonds is 11. The molecule has 0 aliphatic rings. The molecule has 1 N–H and O–H groups in total. The predicted molar refractivity (Wildman–Crippen MR) is 81.1 cm³/mol. The predicted octanol–water partition coefficient (Wildman–Crippen LogP) is 4.39. The van der Waals surface area contributed by atoms with E-state index < -0.39 is 0 Å². The second-order valence-corrected chi connectivity index (χ2v) is 6.56. The molecule has 0 spiro atoms. The van der Waals surface area contributed by atoms with Crippen LogP contribution in [0.3, 0.4) is 0 Å². The molecule has 0 amide bonds. The molecule has 0 rings (SSSR count). The highest BCUT2D eigenvalue weighted by atomic mass is 16.5. The van der Waals surface area contributed by atoms with Crippen LogP contribution in [0.5, 0.6) is 0 Å². The number of unbranched alkanes of at least 4 members (excludes halogenated alkanes) is 3. The molecule has 0 saturated carbocycles. The molecule has 0 aromatic heterocycles. The van der Waals surface area contributed by atoms with Gasteiger partial charge in [-0.3, -0.25) is 0 Å². The fraction of sp³-hybridized carbons (Fsp3) is 1.00. The molecule has 2 nitrogen and oxygen atoms in total. The normalized spacial score (nSPS) is 13.8. The molecular weight excluding hydrogens is 222 g/mol. The van der Waals surface area contributed by atoms with Crippen LogP contribution in [0.25, 0.3) is 0 Å². The van der Waals surface area contributed by atoms with Crippen LogP contribution in [0, 0.1) is 5.92 Å². The van der Waals surface area contributed by atoms with Crippen molar-refractivity contribution in [2.24, 2.45) is 5.92 Å². The Bertz CT molecular complexity index is 174. The van der Waals surface area contributed by atoms with E-state index in [0.717, 1.165) is 25.7 Å². The monoisotopic (exact) mass is 257 g/mol. The summed E-state index contributed by atoms with van der Waals surface area (Å²) >= 11 is 0. The Labute approximate surface area is 115 Å². The van der Waals surface area contributed by atoms with Gasteiger partial charge >= 0.3 is 0 Å². The van der Waals surface area contributed by atoms with Crippen molar-refractivity contribution in [2.75, 3.05) is 19.8 Å². The average molecular weight is 257 g/mol. The van der Waals surface area contributed by atoms with Crippen molar-refractivity contribution in [2.45, 2.75) is 78.7 Å². The van der Waals surface area contributed by atoms with E-state index in [1.165, 1.54) is 38.5 Å². The quantitative estimate of drug-likeness (QED) is 0.554. The maximum Gasteiger partial charge on any atom is 0.0491 e. The van der Waals surface area contributed by atoms with Gasteiger partial charge in [0.05, 0.1) is 0 Å². The van der Waals surface area contributed by atoms with E-state index >= 15 is 0 Å². The van der Waals surface area contributed by atoms with Crippen molar-refractivity contribution in [3.05, 3.63) is 0 Å². The van der Waals surface area contributed by atoms with Crippen molar-refractivity contribution >= 4 is 0 Å². The molecule has 0 aromatic carbocycles. The lowest BCUT2D eigenvalue weighted by molar-refractivity contribution is 0.0983. The first-order valence-electron chi connectivity index (χ1n) is 7.78. The van der Waals surface area contributed by atoms with Crippen LogP contribution in [0.15, 0.2) is 0 Å². The number of hydrogen-bond acceptors (Lipinski definition) is 2. The lowest BCUT2D eigenvalue weighted by Gasteiger charge is -2.20. The van der Waals surface area contributed by atoms with Crippen molar-refractivity contribution in [3.63, 3.8) is 0 Å². The van der Waals surface area contributed by atoms with Gasteiger partial charge in [0.1, 0.15) is 0 Å². The van der Waals surface area contributed by atoms with E-state index in [1.807, 2.05) is 0 Å². The Balaban J connectivity index is 3.12. The zero-order chi connectivity index (χ0) is 13.9. The van der Waals surface area contributed by atoms with E-state index in [9.17, 15) is 0 Å². The molecule has 110 valence electrons. The first kappa shape index (κ1) is 17.9. The molecule has 0 aliphatic carbocycles. The van der Waals surface area contributed by atoms with Crippen LogP contribution in [-0.2, 0) is 4.74 Å². The van der Waals surface area contributed by atoms with Gasteiger partial charge in [0.15, 0.2) is 0 Å². The van der Waals surface area contributed by atoms with Crippen LogP contribution in [0.2, 0.25) is 0 Å². The molecule has 0 bridgehead atoms. The standard InChI is InChI=1S/C16H35NO/c1-6-11-15(2)14-18-13-10-8-7-9-12-17-16(3,4)5/h15,17H,6-14H2,1-5H3. The average Bonchev–Trinajstić information content (AvgIpc) is 2.25. The summed E-state index contributed by atoms with van der Waals surface area (Å²) in [7, 11) is 0. The third-order valence-electron chi connectivity index (χ3n) is 3.05. The van der Waals surface area contributed by atoms with Crippen LogP contribution < -0.4 is 5.32 Å². The van der Waals surface area contributed by atoms with E-state index in [2.05, 4.69) is 39.9 Å². The van der Waals surface area contributed by atoms with Gasteiger partial charge in [-0.05, 0) is 52.5 Å². The first-order valence-corrected chi connectivity index (χ1v) is 7.78. The molecule has 0 aliphatic heterocycles. The second-order valence-electron chi connectivity index (χ2n) is 6.56. The minimum absolute atomic E-state index is 0.262. The SMILES string of the molecule is CCCC(C)COCCCCCCNC(C)(C)C. The van der Waals surface area contributed by atoms with E-state index in [1.54, 1.807) is 0 Å². The molecule has 0 radical (unpaired) electrons.